The number of hydrogen-bond donors (Lipinski definition) is 0. The van der Waals surface area contributed by atoms with Crippen LogP contribution in [0.5, 0.6) is 5.75 Å². The van der Waals surface area contributed by atoms with Crippen molar-refractivity contribution in [3.63, 3.8) is 0 Å². The van der Waals surface area contributed by atoms with Gasteiger partial charge in [-0.1, -0.05) is 0 Å². The highest BCUT2D eigenvalue weighted by molar-refractivity contribution is 5.97. The second-order valence-electron chi connectivity index (χ2n) is 6.85. The van der Waals surface area contributed by atoms with Crippen molar-refractivity contribution in [3.05, 3.63) is 68.9 Å². The predicted octanol–water partition coefficient (Wildman–Crippen LogP) is 3.39. The molecule has 0 amide bonds. The molecular formula is C20H19N5O5. The maximum atomic E-state index is 11.5. The van der Waals surface area contributed by atoms with Crippen LogP contribution in [0.4, 0.5) is 22.7 Å². The highest BCUT2D eigenvalue weighted by Gasteiger charge is 2.26. The van der Waals surface area contributed by atoms with Crippen molar-refractivity contribution in [1.82, 2.24) is 4.98 Å². The van der Waals surface area contributed by atoms with Gasteiger partial charge in [0.1, 0.15) is 17.0 Å². The van der Waals surface area contributed by atoms with E-state index in [-0.39, 0.29) is 11.4 Å². The van der Waals surface area contributed by atoms with Gasteiger partial charge in [0.15, 0.2) is 0 Å². The highest BCUT2D eigenvalue weighted by Crippen LogP contribution is 2.35. The number of anilines is 2. The molecule has 3 aromatic rings. The summed E-state index contributed by atoms with van der Waals surface area (Å²) in [6, 6.07) is 11.4. The standard InChI is InChI=1S/C20H19N5O5/c1-30-14-4-5-17(19(13-14)25(28)29)22-9-11-23(12-10-22)18-7-6-16(24(26)27)15-3-2-8-21-20(15)18/h2-8,13H,9-12H2,1H3. The lowest BCUT2D eigenvalue weighted by atomic mass is 10.1. The van der Waals surface area contributed by atoms with Crippen LogP contribution in [0.3, 0.4) is 0 Å². The van der Waals surface area contributed by atoms with Crippen LogP contribution in [-0.2, 0) is 0 Å². The van der Waals surface area contributed by atoms with Gasteiger partial charge >= 0.3 is 0 Å². The summed E-state index contributed by atoms with van der Waals surface area (Å²) in [6.07, 6.45) is 1.62. The van der Waals surface area contributed by atoms with Gasteiger partial charge < -0.3 is 14.5 Å². The molecule has 1 aliphatic heterocycles. The Balaban J connectivity index is 1.60. The summed E-state index contributed by atoms with van der Waals surface area (Å²) >= 11 is 0. The Bertz CT molecular complexity index is 1130. The molecule has 0 saturated carbocycles. The molecule has 1 aliphatic rings. The second kappa shape index (κ2) is 7.82. The number of nitro groups is 2. The molecule has 0 atom stereocenters. The number of piperazine rings is 1. The van der Waals surface area contributed by atoms with Gasteiger partial charge in [0.05, 0.1) is 34.1 Å². The van der Waals surface area contributed by atoms with Crippen molar-refractivity contribution in [2.75, 3.05) is 43.1 Å². The quantitative estimate of drug-likeness (QED) is 0.465. The SMILES string of the molecule is COc1ccc(N2CCN(c3ccc([N+](=O)[O-])c4cccnc34)CC2)c([N+](=O)[O-])c1. The lowest BCUT2D eigenvalue weighted by Crippen LogP contribution is -2.46. The number of nitrogens with zero attached hydrogens (tertiary/aromatic N) is 5. The van der Waals surface area contributed by atoms with Gasteiger partial charge in [-0.25, -0.2) is 0 Å². The molecule has 0 N–H and O–H groups in total. The molecule has 1 aromatic heterocycles. The summed E-state index contributed by atoms with van der Waals surface area (Å²) in [7, 11) is 1.47. The van der Waals surface area contributed by atoms with Crippen LogP contribution in [0, 0.1) is 20.2 Å². The van der Waals surface area contributed by atoms with Crippen molar-refractivity contribution in [3.8, 4) is 5.75 Å². The molecule has 154 valence electrons. The first kappa shape index (κ1) is 19.4. The molecule has 1 saturated heterocycles. The maximum Gasteiger partial charge on any atom is 0.296 e. The van der Waals surface area contributed by atoms with E-state index in [1.807, 2.05) is 4.90 Å². The molecule has 1 fully saturated rings. The second-order valence-corrected chi connectivity index (χ2v) is 6.85. The van der Waals surface area contributed by atoms with Crippen LogP contribution in [0.25, 0.3) is 10.9 Å². The Labute approximate surface area is 171 Å². The molecule has 4 rings (SSSR count). The first-order valence-corrected chi connectivity index (χ1v) is 9.34. The number of ether oxygens (including phenoxy) is 1. The Hall–Kier alpha value is -3.95. The zero-order valence-corrected chi connectivity index (χ0v) is 16.2. The van der Waals surface area contributed by atoms with Gasteiger partial charge in [0.2, 0.25) is 0 Å². The monoisotopic (exact) mass is 409 g/mol. The van der Waals surface area contributed by atoms with E-state index < -0.39 is 9.85 Å². The normalized spacial score (nSPS) is 14.0. The van der Waals surface area contributed by atoms with E-state index >= 15 is 0 Å². The van der Waals surface area contributed by atoms with Crippen molar-refractivity contribution in [1.29, 1.82) is 0 Å². The van der Waals surface area contributed by atoms with E-state index in [2.05, 4.69) is 9.88 Å². The molecule has 0 unspecified atom stereocenters. The van der Waals surface area contributed by atoms with Crippen molar-refractivity contribution < 1.29 is 14.6 Å². The number of rotatable bonds is 5. The van der Waals surface area contributed by atoms with Crippen LogP contribution in [0.2, 0.25) is 0 Å². The Morgan fingerprint density at radius 3 is 2.17 bits per heavy atom. The lowest BCUT2D eigenvalue weighted by Gasteiger charge is -2.37. The summed E-state index contributed by atoms with van der Waals surface area (Å²) in [5, 5.41) is 23.3. The van der Waals surface area contributed by atoms with Crippen molar-refractivity contribution in [2.45, 2.75) is 0 Å². The molecule has 30 heavy (non-hydrogen) atoms. The lowest BCUT2D eigenvalue weighted by molar-refractivity contribution is -0.384. The van der Waals surface area contributed by atoms with Crippen LogP contribution in [0.1, 0.15) is 0 Å². The zero-order valence-electron chi connectivity index (χ0n) is 16.2. The molecule has 10 heteroatoms. The predicted molar refractivity (Wildman–Crippen MR) is 112 cm³/mol. The molecule has 0 aliphatic carbocycles. The Morgan fingerprint density at radius 2 is 1.53 bits per heavy atom. The van der Waals surface area contributed by atoms with Crippen molar-refractivity contribution in [2.24, 2.45) is 0 Å². The minimum absolute atomic E-state index is 0.00486. The van der Waals surface area contributed by atoms with E-state index in [9.17, 15) is 20.2 Å². The molecule has 0 radical (unpaired) electrons. The third-order valence-electron chi connectivity index (χ3n) is 5.26. The summed E-state index contributed by atoms with van der Waals surface area (Å²) in [4.78, 5) is 30.5. The number of aromatic nitrogens is 1. The molecule has 10 nitrogen and oxygen atoms in total. The zero-order chi connectivity index (χ0) is 21.3. The number of pyridine rings is 1. The minimum atomic E-state index is -0.408. The molecule has 0 bridgehead atoms. The number of non-ortho nitro benzene ring substituents is 1. The first-order chi connectivity index (χ1) is 14.5. The number of benzene rings is 2. The average molecular weight is 409 g/mol. The highest BCUT2D eigenvalue weighted by atomic mass is 16.6. The number of fused-ring (bicyclic) bond motifs is 1. The maximum absolute atomic E-state index is 11.5. The van der Waals surface area contributed by atoms with Gasteiger partial charge in [-0.15, -0.1) is 0 Å². The van der Waals surface area contributed by atoms with Gasteiger partial charge in [0, 0.05) is 38.4 Å². The Morgan fingerprint density at radius 1 is 0.900 bits per heavy atom. The smallest absolute Gasteiger partial charge is 0.296 e. The summed E-state index contributed by atoms with van der Waals surface area (Å²) in [5.74, 6) is 0.438. The van der Waals surface area contributed by atoms with E-state index in [1.54, 1.807) is 36.5 Å². The van der Waals surface area contributed by atoms with Gasteiger partial charge in [-0.05, 0) is 30.3 Å². The largest absolute Gasteiger partial charge is 0.496 e. The number of hydrogen-bond acceptors (Lipinski definition) is 8. The number of nitro benzene ring substituents is 2. The fourth-order valence-electron chi connectivity index (χ4n) is 3.79. The molecule has 0 spiro atoms. The van der Waals surface area contributed by atoms with E-state index in [0.717, 1.165) is 5.69 Å². The van der Waals surface area contributed by atoms with Crippen LogP contribution < -0.4 is 14.5 Å². The van der Waals surface area contributed by atoms with Gasteiger partial charge in [-0.3, -0.25) is 25.2 Å². The van der Waals surface area contributed by atoms with Crippen LogP contribution >= 0.6 is 0 Å². The topological polar surface area (TPSA) is 115 Å². The summed E-state index contributed by atoms with van der Waals surface area (Å²) < 4.78 is 5.10. The molecular weight excluding hydrogens is 390 g/mol. The van der Waals surface area contributed by atoms with E-state index in [4.69, 9.17) is 4.74 Å². The molecule has 2 heterocycles. The summed E-state index contributed by atoms with van der Waals surface area (Å²) in [5.41, 5.74) is 1.97. The minimum Gasteiger partial charge on any atom is -0.496 e. The van der Waals surface area contributed by atoms with Crippen LogP contribution in [0.15, 0.2) is 48.7 Å². The third kappa shape index (κ3) is 3.43. The summed E-state index contributed by atoms with van der Waals surface area (Å²) in [6.45, 7) is 2.34. The van der Waals surface area contributed by atoms with Crippen LogP contribution in [-0.4, -0.2) is 48.1 Å². The average Bonchev–Trinajstić information content (AvgIpc) is 2.78. The Kier molecular flexibility index (Phi) is 5.05. The van der Waals surface area contributed by atoms with Crippen molar-refractivity contribution >= 4 is 33.7 Å². The van der Waals surface area contributed by atoms with E-state index in [0.29, 0.717) is 48.5 Å². The fourth-order valence-corrected chi connectivity index (χ4v) is 3.79. The first-order valence-electron chi connectivity index (χ1n) is 9.34. The third-order valence-corrected chi connectivity index (χ3v) is 5.26. The van der Waals surface area contributed by atoms with Gasteiger partial charge in [0.25, 0.3) is 11.4 Å². The van der Waals surface area contributed by atoms with Gasteiger partial charge in [-0.2, -0.15) is 0 Å². The molecule has 2 aromatic carbocycles. The fraction of sp³-hybridized carbons (Fsp3) is 0.250. The number of methoxy groups -OCH3 is 1. The van der Waals surface area contributed by atoms with E-state index in [1.165, 1.54) is 19.2 Å².